The van der Waals surface area contributed by atoms with Crippen LogP contribution in [0.2, 0.25) is 0 Å². The van der Waals surface area contributed by atoms with Gasteiger partial charge < -0.3 is 9.47 Å². The van der Waals surface area contributed by atoms with Crippen LogP contribution >= 0.6 is 0 Å². The first kappa shape index (κ1) is 14.4. The standard InChI is InChI=1S/C16H15N3O2/c1-20-14-9-7-13(8-10-14)11-18-16(19-12-17)21-15-5-3-2-4-6-15/h2-10H,11H2,1H3,(H,18,19). The van der Waals surface area contributed by atoms with Gasteiger partial charge in [0.25, 0.3) is 0 Å². The Morgan fingerprint density at radius 1 is 1.10 bits per heavy atom. The number of aliphatic imine (C=N–C) groups is 1. The van der Waals surface area contributed by atoms with Crippen molar-refractivity contribution in [3.8, 4) is 17.7 Å². The lowest BCUT2D eigenvalue weighted by Gasteiger charge is -2.07. The number of ether oxygens (including phenoxy) is 2. The van der Waals surface area contributed by atoms with Crippen LogP contribution in [-0.4, -0.2) is 13.1 Å². The van der Waals surface area contributed by atoms with E-state index in [1.165, 1.54) is 0 Å². The molecule has 0 aliphatic heterocycles. The minimum absolute atomic E-state index is 0.166. The Kier molecular flexibility index (Phi) is 5.18. The first-order valence-electron chi connectivity index (χ1n) is 6.37. The minimum atomic E-state index is 0.166. The van der Waals surface area contributed by atoms with Crippen LogP contribution in [0.25, 0.3) is 0 Å². The Bertz CT molecular complexity index is 631. The molecule has 0 aromatic heterocycles. The van der Waals surface area contributed by atoms with Gasteiger partial charge in [0, 0.05) is 0 Å². The number of para-hydroxylation sites is 1. The van der Waals surface area contributed by atoms with Crippen molar-refractivity contribution < 1.29 is 9.47 Å². The van der Waals surface area contributed by atoms with Crippen LogP contribution in [-0.2, 0) is 6.54 Å². The molecule has 106 valence electrons. The molecule has 0 saturated carbocycles. The Balaban J connectivity index is 2.04. The van der Waals surface area contributed by atoms with Gasteiger partial charge in [-0.3, -0.25) is 0 Å². The molecule has 2 aromatic carbocycles. The summed E-state index contributed by atoms with van der Waals surface area (Å²) in [6.07, 6.45) is 1.82. The third-order valence-electron chi connectivity index (χ3n) is 2.68. The highest BCUT2D eigenvalue weighted by molar-refractivity contribution is 5.77. The van der Waals surface area contributed by atoms with Crippen LogP contribution in [0.3, 0.4) is 0 Å². The van der Waals surface area contributed by atoms with Crippen LogP contribution in [0.15, 0.2) is 59.6 Å². The van der Waals surface area contributed by atoms with Crippen molar-refractivity contribution in [2.75, 3.05) is 7.11 Å². The van der Waals surface area contributed by atoms with E-state index in [4.69, 9.17) is 14.7 Å². The maximum Gasteiger partial charge on any atom is 0.304 e. The Morgan fingerprint density at radius 2 is 1.81 bits per heavy atom. The maximum atomic E-state index is 8.74. The molecule has 1 N–H and O–H groups in total. The van der Waals surface area contributed by atoms with Crippen LogP contribution in [0, 0.1) is 11.5 Å². The van der Waals surface area contributed by atoms with Crippen LogP contribution in [0.5, 0.6) is 11.5 Å². The van der Waals surface area contributed by atoms with Crippen molar-refractivity contribution in [2.45, 2.75) is 6.54 Å². The fourth-order valence-corrected chi connectivity index (χ4v) is 1.64. The number of nitrogens with one attached hydrogen (secondary N) is 1. The Labute approximate surface area is 123 Å². The second-order valence-corrected chi connectivity index (χ2v) is 4.12. The number of methoxy groups -OCH3 is 1. The van der Waals surface area contributed by atoms with Crippen molar-refractivity contribution >= 4 is 6.02 Å². The van der Waals surface area contributed by atoms with Gasteiger partial charge in [0.2, 0.25) is 0 Å². The van der Waals surface area contributed by atoms with Gasteiger partial charge in [-0.15, -0.1) is 0 Å². The van der Waals surface area contributed by atoms with Crippen molar-refractivity contribution in [1.82, 2.24) is 5.32 Å². The predicted molar refractivity (Wildman–Crippen MR) is 80.0 cm³/mol. The SMILES string of the molecule is COc1ccc(CN=C(NC#N)Oc2ccccc2)cc1. The average molecular weight is 281 g/mol. The van der Waals surface area contributed by atoms with E-state index in [2.05, 4.69) is 10.3 Å². The number of rotatable bonds is 4. The summed E-state index contributed by atoms with van der Waals surface area (Å²) in [6, 6.07) is 16.9. The first-order valence-corrected chi connectivity index (χ1v) is 6.37. The van der Waals surface area contributed by atoms with Gasteiger partial charge in [0.05, 0.1) is 13.7 Å². The van der Waals surface area contributed by atoms with Crippen LogP contribution in [0.4, 0.5) is 0 Å². The minimum Gasteiger partial charge on any atom is -0.497 e. The predicted octanol–water partition coefficient (Wildman–Crippen LogP) is 2.70. The third-order valence-corrected chi connectivity index (χ3v) is 2.68. The highest BCUT2D eigenvalue weighted by Crippen LogP contribution is 2.12. The molecule has 0 radical (unpaired) electrons. The molecule has 21 heavy (non-hydrogen) atoms. The summed E-state index contributed by atoms with van der Waals surface area (Å²) >= 11 is 0. The maximum absolute atomic E-state index is 8.74. The zero-order valence-corrected chi connectivity index (χ0v) is 11.6. The molecule has 0 bridgehead atoms. The zero-order valence-electron chi connectivity index (χ0n) is 11.6. The molecule has 0 unspecified atom stereocenters. The van der Waals surface area contributed by atoms with Gasteiger partial charge in [-0.1, -0.05) is 30.3 Å². The molecule has 2 aromatic rings. The summed E-state index contributed by atoms with van der Waals surface area (Å²) in [5, 5.41) is 11.2. The second-order valence-electron chi connectivity index (χ2n) is 4.12. The smallest absolute Gasteiger partial charge is 0.304 e. The highest BCUT2D eigenvalue weighted by Gasteiger charge is 2.02. The lowest BCUT2D eigenvalue weighted by molar-refractivity contribution is 0.414. The molecule has 2 rings (SSSR count). The molecule has 0 amide bonds. The van der Waals surface area contributed by atoms with E-state index in [1.54, 1.807) is 19.2 Å². The van der Waals surface area contributed by atoms with Crippen molar-refractivity contribution in [3.05, 3.63) is 60.2 Å². The van der Waals surface area contributed by atoms with Crippen molar-refractivity contribution in [1.29, 1.82) is 5.26 Å². The zero-order chi connectivity index (χ0) is 14.9. The number of benzene rings is 2. The summed E-state index contributed by atoms with van der Waals surface area (Å²) in [5.41, 5.74) is 0.990. The van der Waals surface area contributed by atoms with E-state index in [0.29, 0.717) is 12.3 Å². The van der Waals surface area contributed by atoms with E-state index in [-0.39, 0.29) is 6.02 Å². The normalized spacial score (nSPS) is 10.6. The van der Waals surface area contributed by atoms with E-state index >= 15 is 0 Å². The number of hydrogen-bond donors (Lipinski definition) is 1. The topological polar surface area (TPSA) is 66.6 Å². The molecule has 5 heteroatoms. The fraction of sp³-hybridized carbons (Fsp3) is 0.125. The largest absolute Gasteiger partial charge is 0.497 e. The van der Waals surface area contributed by atoms with Gasteiger partial charge in [0.15, 0.2) is 6.19 Å². The van der Waals surface area contributed by atoms with Gasteiger partial charge in [-0.05, 0) is 29.8 Å². The number of nitrogens with zero attached hydrogens (tertiary/aromatic N) is 2. The summed E-state index contributed by atoms with van der Waals surface area (Å²) < 4.78 is 10.6. The quantitative estimate of drug-likeness (QED) is 0.405. The molecule has 0 heterocycles. The summed E-state index contributed by atoms with van der Waals surface area (Å²) in [7, 11) is 1.62. The van der Waals surface area contributed by atoms with E-state index in [9.17, 15) is 0 Å². The Morgan fingerprint density at radius 3 is 2.43 bits per heavy atom. The van der Waals surface area contributed by atoms with E-state index < -0.39 is 0 Å². The summed E-state index contributed by atoms with van der Waals surface area (Å²) in [4.78, 5) is 4.25. The lowest BCUT2D eigenvalue weighted by atomic mass is 10.2. The summed E-state index contributed by atoms with van der Waals surface area (Å²) in [5.74, 6) is 1.41. The van der Waals surface area contributed by atoms with Gasteiger partial charge >= 0.3 is 6.02 Å². The number of amidine groups is 1. The average Bonchev–Trinajstić information content (AvgIpc) is 2.54. The molecule has 0 aliphatic rings. The molecular formula is C16H15N3O2. The van der Waals surface area contributed by atoms with Crippen molar-refractivity contribution in [2.24, 2.45) is 4.99 Å². The van der Waals surface area contributed by atoms with Crippen LogP contribution < -0.4 is 14.8 Å². The molecule has 5 nitrogen and oxygen atoms in total. The highest BCUT2D eigenvalue weighted by atomic mass is 16.5. The molecule has 0 atom stereocenters. The number of hydrogen-bond acceptors (Lipinski definition) is 4. The van der Waals surface area contributed by atoms with E-state index in [0.717, 1.165) is 11.3 Å². The molecule has 0 fully saturated rings. The van der Waals surface area contributed by atoms with E-state index in [1.807, 2.05) is 48.7 Å². The van der Waals surface area contributed by atoms with Gasteiger partial charge in [0.1, 0.15) is 11.5 Å². The Hall–Kier alpha value is -3.00. The molecule has 0 saturated heterocycles. The second kappa shape index (κ2) is 7.56. The van der Waals surface area contributed by atoms with Gasteiger partial charge in [-0.25, -0.2) is 10.3 Å². The molecule has 0 spiro atoms. The molecule has 0 aliphatic carbocycles. The third kappa shape index (κ3) is 4.55. The number of nitriles is 1. The monoisotopic (exact) mass is 281 g/mol. The fourth-order valence-electron chi connectivity index (χ4n) is 1.64. The van der Waals surface area contributed by atoms with Crippen molar-refractivity contribution in [3.63, 3.8) is 0 Å². The first-order chi connectivity index (χ1) is 10.3. The summed E-state index contributed by atoms with van der Waals surface area (Å²) in [6.45, 7) is 0.404. The van der Waals surface area contributed by atoms with Crippen LogP contribution in [0.1, 0.15) is 5.56 Å². The lowest BCUT2D eigenvalue weighted by Crippen LogP contribution is -2.24. The molecular weight excluding hydrogens is 266 g/mol. The van der Waals surface area contributed by atoms with Gasteiger partial charge in [-0.2, -0.15) is 5.26 Å².